The summed E-state index contributed by atoms with van der Waals surface area (Å²) in [7, 11) is 0. The minimum atomic E-state index is -0.875. The molecule has 18 heavy (non-hydrogen) atoms. The lowest BCUT2D eigenvalue weighted by molar-refractivity contribution is -0.146. The molecule has 100 valence electrons. The van der Waals surface area contributed by atoms with E-state index in [4.69, 9.17) is 4.74 Å². The minimum absolute atomic E-state index is 0.311. The van der Waals surface area contributed by atoms with Crippen LogP contribution in [0.25, 0.3) is 0 Å². The highest BCUT2D eigenvalue weighted by Crippen LogP contribution is 2.15. The summed E-state index contributed by atoms with van der Waals surface area (Å²) in [6, 6.07) is 8.80. The van der Waals surface area contributed by atoms with Crippen molar-refractivity contribution in [2.45, 2.75) is 32.4 Å². The van der Waals surface area contributed by atoms with Crippen molar-refractivity contribution in [3.8, 4) is 0 Å². The Morgan fingerprint density at radius 1 is 1.39 bits per heavy atom. The highest BCUT2D eigenvalue weighted by atomic mass is 16.5. The van der Waals surface area contributed by atoms with E-state index in [0.717, 1.165) is 5.56 Å². The molecule has 0 aliphatic rings. The van der Waals surface area contributed by atoms with Crippen LogP contribution >= 0.6 is 0 Å². The summed E-state index contributed by atoms with van der Waals surface area (Å²) < 4.78 is 5.04. The number of esters is 1. The maximum Gasteiger partial charge on any atom is 0.327 e. The van der Waals surface area contributed by atoms with Gasteiger partial charge in [-0.1, -0.05) is 30.3 Å². The maximum atomic E-state index is 11.9. The highest BCUT2D eigenvalue weighted by molar-refractivity contribution is 5.77. The zero-order valence-corrected chi connectivity index (χ0v) is 11.1. The first-order valence-corrected chi connectivity index (χ1v) is 6.11. The number of carbonyl (C=O) groups is 1. The van der Waals surface area contributed by atoms with E-state index in [1.165, 1.54) is 0 Å². The number of hydrogen-bond acceptors (Lipinski definition) is 4. The molecule has 1 aromatic rings. The zero-order valence-electron chi connectivity index (χ0n) is 11.1. The van der Waals surface area contributed by atoms with E-state index in [1.807, 2.05) is 30.3 Å². The van der Waals surface area contributed by atoms with Crippen molar-refractivity contribution < 1.29 is 14.6 Å². The fourth-order valence-corrected chi connectivity index (χ4v) is 1.56. The molecule has 0 bridgehead atoms. The minimum Gasteiger partial charge on any atom is -0.465 e. The Kier molecular flexibility index (Phi) is 5.31. The van der Waals surface area contributed by atoms with Crippen LogP contribution in [-0.2, 0) is 9.53 Å². The molecule has 0 fully saturated rings. The van der Waals surface area contributed by atoms with Gasteiger partial charge in [-0.3, -0.25) is 5.32 Å². The van der Waals surface area contributed by atoms with Gasteiger partial charge in [-0.05, 0) is 26.3 Å². The lowest BCUT2D eigenvalue weighted by Crippen LogP contribution is -2.40. The fraction of sp³-hybridized carbons (Fsp3) is 0.500. The molecule has 0 saturated heterocycles. The third-order valence-electron chi connectivity index (χ3n) is 2.39. The molecule has 1 rings (SSSR count). The molecular formula is C14H21NO3. The molecule has 0 radical (unpaired) electrons. The molecule has 2 N–H and O–H groups in total. The van der Waals surface area contributed by atoms with Gasteiger partial charge >= 0.3 is 5.97 Å². The predicted octanol–water partition coefficient (Wildman–Crippen LogP) is 1.65. The van der Waals surface area contributed by atoms with Gasteiger partial charge in [0.1, 0.15) is 6.04 Å². The van der Waals surface area contributed by atoms with Crippen LogP contribution in [0.15, 0.2) is 30.3 Å². The molecular weight excluding hydrogens is 230 g/mol. The number of aliphatic hydroxyl groups is 1. The maximum absolute atomic E-state index is 11.9. The SMILES string of the molecule is CCOC(=O)C(NCC(C)(C)O)c1ccccc1. The molecule has 1 aromatic carbocycles. The topological polar surface area (TPSA) is 58.6 Å². The van der Waals surface area contributed by atoms with Crippen molar-refractivity contribution in [1.82, 2.24) is 5.32 Å². The van der Waals surface area contributed by atoms with Crippen LogP contribution < -0.4 is 5.32 Å². The Labute approximate surface area is 108 Å². The molecule has 0 spiro atoms. The lowest BCUT2D eigenvalue weighted by Gasteiger charge is -2.23. The van der Waals surface area contributed by atoms with E-state index in [1.54, 1.807) is 20.8 Å². The zero-order chi connectivity index (χ0) is 13.6. The third-order valence-corrected chi connectivity index (χ3v) is 2.39. The van der Waals surface area contributed by atoms with Gasteiger partial charge in [0.25, 0.3) is 0 Å². The lowest BCUT2D eigenvalue weighted by atomic mass is 10.1. The molecule has 0 heterocycles. The number of rotatable bonds is 6. The van der Waals surface area contributed by atoms with Gasteiger partial charge in [0.15, 0.2) is 0 Å². The van der Waals surface area contributed by atoms with E-state index in [0.29, 0.717) is 13.2 Å². The predicted molar refractivity (Wildman–Crippen MR) is 70.1 cm³/mol. The molecule has 0 aliphatic heterocycles. The van der Waals surface area contributed by atoms with Crippen LogP contribution in [0.2, 0.25) is 0 Å². The number of nitrogens with one attached hydrogen (secondary N) is 1. The number of hydrogen-bond donors (Lipinski definition) is 2. The molecule has 0 aliphatic carbocycles. The van der Waals surface area contributed by atoms with E-state index < -0.39 is 11.6 Å². The Morgan fingerprint density at radius 2 is 2.00 bits per heavy atom. The Balaban J connectivity index is 2.79. The van der Waals surface area contributed by atoms with Crippen LogP contribution in [0.3, 0.4) is 0 Å². The smallest absolute Gasteiger partial charge is 0.327 e. The second-order valence-electron chi connectivity index (χ2n) is 4.79. The molecule has 4 nitrogen and oxygen atoms in total. The summed E-state index contributed by atoms with van der Waals surface area (Å²) in [5, 5.41) is 12.7. The second-order valence-corrected chi connectivity index (χ2v) is 4.79. The summed E-state index contributed by atoms with van der Waals surface area (Å²) in [6.45, 7) is 5.80. The fourth-order valence-electron chi connectivity index (χ4n) is 1.56. The van der Waals surface area contributed by atoms with Crippen molar-refractivity contribution in [3.05, 3.63) is 35.9 Å². The second kappa shape index (κ2) is 6.52. The summed E-state index contributed by atoms with van der Waals surface area (Å²) in [5.41, 5.74) is -0.0420. The van der Waals surface area contributed by atoms with Crippen molar-refractivity contribution in [2.24, 2.45) is 0 Å². The molecule has 1 unspecified atom stereocenters. The molecule has 4 heteroatoms. The largest absolute Gasteiger partial charge is 0.465 e. The van der Waals surface area contributed by atoms with Crippen molar-refractivity contribution in [1.29, 1.82) is 0 Å². The van der Waals surface area contributed by atoms with E-state index in [2.05, 4.69) is 5.32 Å². The van der Waals surface area contributed by atoms with Gasteiger partial charge in [0.05, 0.1) is 12.2 Å². The standard InChI is InChI=1S/C14H21NO3/c1-4-18-13(16)12(15-10-14(2,3)17)11-8-6-5-7-9-11/h5-9,12,15,17H,4,10H2,1-3H3. The number of ether oxygens (including phenoxy) is 1. The Morgan fingerprint density at radius 3 is 2.50 bits per heavy atom. The third kappa shape index (κ3) is 4.85. The number of carbonyl (C=O) groups excluding carboxylic acids is 1. The molecule has 1 atom stereocenters. The highest BCUT2D eigenvalue weighted by Gasteiger charge is 2.24. The van der Waals surface area contributed by atoms with Crippen LogP contribution in [0, 0.1) is 0 Å². The summed E-state index contributed by atoms with van der Waals surface area (Å²) in [5.74, 6) is -0.326. The van der Waals surface area contributed by atoms with Crippen molar-refractivity contribution in [2.75, 3.05) is 13.2 Å². The first-order chi connectivity index (χ1) is 8.44. The monoisotopic (exact) mass is 251 g/mol. The summed E-state index contributed by atoms with van der Waals surface area (Å²) in [6.07, 6.45) is 0. The Hall–Kier alpha value is -1.39. The van der Waals surface area contributed by atoms with Crippen LogP contribution in [0.5, 0.6) is 0 Å². The van der Waals surface area contributed by atoms with Crippen molar-refractivity contribution >= 4 is 5.97 Å². The summed E-state index contributed by atoms with van der Waals surface area (Å²) >= 11 is 0. The van der Waals surface area contributed by atoms with E-state index >= 15 is 0 Å². The molecule has 0 amide bonds. The average Bonchev–Trinajstić information content (AvgIpc) is 2.29. The Bertz CT molecular complexity index is 370. The van der Waals surface area contributed by atoms with Gasteiger partial charge in [0, 0.05) is 6.54 Å². The van der Waals surface area contributed by atoms with Gasteiger partial charge < -0.3 is 9.84 Å². The normalized spacial score (nSPS) is 13.1. The molecule has 0 saturated carbocycles. The van der Waals surface area contributed by atoms with Gasteiger partial charge in [0.2, 0.25) is 0 Å². The van der Waals surface area contributed by atoms with Gasteiger partial charge in [-0.2, -0.15) is 0 Å². The van der Waals surface area contributed by atoms with Crippen molar-refractivity contribution in [3.63, 3.8) is 0 Å². The first-order valence-electron chi connectivity index (χ1n) is 6.11. The number of benzene rings is 1. The average molecular weight is 251 g/mol. The first kappa shape index (κ1) is 14.7. The van der Waals surface area contributed by atoms with Crippen LogP contribution in [0.1, 0.15) is 32.4 Å². The quantitative estimate of drug-likeness (QED) is 0.755. The molecule has 0 aromatic heterocycles. The van der Waals surface area contributed by atoms with Crippen LogP contribution in [0.4, 0.5) is 0 Å². The van der Waals surface area contributed by atoms with Gasteiger partial charge in [-0.25, -0.2) is 4.79 Å². The summed E-state index contributed by atoms with van der Waals surface area (Å²) in [4.78, 5) is 11.9. The van der Waals surface area contributed by atoms with E-state index in [-0.39, 0.29) is 5.97 Å². The van der Waals surface area contributed by atoms with E-state index in [9.17, 15) is 9.90 Å². The van der Waals surface area contributed by atoms with Gasteiger partial charge in [-0.15, -0.1) is 0 Å². The van der Waals surface area contributed by atoms with Crippen LogP contribution in [-0.4, -0.2) is 29.8 Å².